The van der Waals surface area contributed by atoms with Crippen LogP contribution in [0.5, 0.6) is 0 Å². The van der Waals surface area contributed by atoms with E-state index in [-0.39, 0.29) is 0 Å². The zero-order valence-corrected chi connectivity index (χ0v) is 8.74. The van der Waals surface area contributed by atoms with Crippen molar-refractivity contribution in [1.29, 1.82) is 0 Å². The van der Waals surface area contributed by atoms with Gasteiger partial charge in [0.1, 0.15) is 0 Å². The Balaban J connectivity index is 1.51. The lowest BCUT2D eigenvalue weighted by atomic mass is 10.1. The van der Waals surface area contributed by atoms with Crippen molar-refractivity contribution in [2.24, 2.45) is 5.92 Å². The van der Waals surface area contributed by atoms with Crippen LogP contribution in [0.4, 0.5) is 0 Å². The van der Waals surface area contributed by atoms with Gasteiger partial charge in [-0.05, 0) is 38.4 Å². The van der Waals surface area contributed by atoms with Crippen LogP contribution in [0.1, 0.15) is 12.8 Å². The van der Waals surface area contributed by atoms with Gasteiger partial charge in [-0.1, -0.05) is 0 Å². The van der Waals surface area contributed by atoms with E-state index in [0.717, 1.165) is 24.0 Å². The molecule has 0 spiro atoms. The molecule has 0 aromatic rings. The van der Waals surface area contributed by atoms with Gasteiger partial charge in [0.2, 0.25) is 0 Å². The van der Waals surface area contributed by atoms with Gasteiger partial charge in [-0.15, -0.1) is 0 Å². The highest BCUT2D eigenvalue weighted by atomic mass is 32.2. The van der Waals surface area contributed by atoms with E-state index < -0.39 is 10.8 Å². The molecule has 2 fully saturated rings. The normalized spacial score (nSPS) is 38.9. The molecule has 0 aliphatic carbocycles. The fraction of sp³-hybridized carbons (Fsp3) is 1.00. The molecule has 0 aromatic heterocycles. The van der Waals surface area contributed by atoms with Crippen molar-refractivity contribution >= 4 is 10.8 Å². The summed E-state index contributed by atoms with van der Waals surface area (Å²) in [6.07, 6.45) is 2.61. The molecule has 0 radical (unpaired) electrons. The fourth-order valence-electron chi connectivity index (χ4n) is 1.97. The highest BCUT2D eigenvalue weighted by molar-refractivity contribution is 7.86. The average molecular weight is 202 g/mol. The first kappa shape index (κ1) is 9.62. The standard InChI is InChI=1S/C9H18N2OS/c12-13-6-9(7-13)11-4-2-8-1-3-10-5-8/h8-11H,1-7H2. The lowest BCUT2D eigenvalue weighted by Crippen LogP contribution is -2.48. The first-order valence-electron chi connectivity index (χ1n) is 5.13. The second-order valence-electron chi connectivity index (χ2n) is 4.07. The molecule has 2 heterocycles. The molecule has 13 heavy (non-hydrogen) atoms. The topological polar surface area (TPSA) is 41.1 Å². The summed E-state index contributed by atoms with van der Waals surface area (Å²) in [5, 5.41) is 6.82. The lowest BCUT2D eigenvalue weighted by Gasteiger charge is -2.26. The molecule has 2 aliphatic rings. The molecular weight excluding hydrogens is 184 g/mol. The molecular formula is C9H18N2OS. The Labute approximate surface area is 82.1 Å². The van der Waals surface area contributed by atoms with E-state index in [4.69, 9.17) is 0 Å². The van der Waals surface area contributed by atoms with Gasteiger partial charge in [-0.25, -0.2) is 0 Å². The first-order valence-corrected chi connectivity index (χ1v) is 6.62. The van der Waals surface area contributed by atoms with E-state index in [0.29, 0.717) is 6.04 Å². The maximum atomic E-state index is 10.8. The third-order valence-electron chi connectivity index (χ3n) is 2.92. The third kappa shape index (κ3) is 2.76. The molecule has 0 amide bonds. The third-order valence-corrected chi connectivity index (χ3v) is 4.47. The minimum atomic E-state index is -0.502. The molecule has 0 saturated carbocycles. The summed E-state index contributed by atoms with van der Waals surface area (Å²) < 4.78 is 10.8. The highest BCUT2D eigenvalue weighted by Crippen LogP contribution is 2.12. The number of nitrogens with one attached hydrogen (secondary N) is 2. The van der Waals surface area contributed by atoms with Crippen LogP contribution >= 0.6 is 0 Å². The van der Waals surface area contributed by atoms with Crippen LogP contribution in [0, 0.1) is 5.92 Å². The molecule has 1 unspecified atom stereocenters. The second-order valence-corrected chi connectivity index (χ2v) is 5.62. The maximum absolute atomic E-state index is 10.8. The van der Waals surface area contributed by atoms with Gasteiger partial charge in [0.05, 0.1) is 0 Å². The van der Waals surface area contributed by atoms with Crippen molar-refractivity contribution in [3.05, 3.63) is 0 Å². The predicted molar refractivity (Wildman–Crippen MR) is 55.3 cm³/mol. The van der Waals surface area contributed by atoms with Gasteiger partial charge in [-0.3, -0.25) is 4.21 Å². The molecule has 0 aromatic carbocycles. The van der Waals surface area contributed by atoms with E-state index >= 15 is 0 Å². The van der Waals surface area contributed by atoms with E-state index in [9.17, 15) is 4.21 Å². The molecule has 1 atom stereocenters. The Kier molecular flexibility index (Phi) is 3.35. The number of hydrogen-bond donors (Lipinski definition) is 2. The van der Waals surface area contributed by atoms with Gasteiger partial charge in [0, 0.05) is 28.3 Å². The molecule has 3 nitrogen and oxygen atoms in total. The van der Waals surface area contributed by atoms with E-state index in [1.807, 2.05) is 0 Å². The number of rotatable bonds is 4. The van der Waals surface area contributed by atoms with Crippen LogP contribution in [0.15, 0.2) is 0 Å². The molecule has 2 N–H and O–H groups in total. The zero-order chi connectivity index (χ0) is 9.10. The van der Waals surface area contributed by atoms with Crippen LogP contribution < -0.4 is 10.6 Å². The van der Waals surface area contributed by atoms with Gasteiger partial charge in [0.25, 0.3) is 0 Å². The molecule has 2 saturated heterocycles. The Morgan fingerprint density at radius 2 is 2.31 bits per heavy atom. The van der Waals surface area contributed by atoms with Gasteiger partial charge >= 0.3 is 0 Å². The quantitative estimate of drug-likeness (QED) is 0.658. The van der Waals surface area contributed by atoms with Crippen LogP contribution in [0.2, 0.25) is 0 Å². The zero-order valence-electron chi connectivity index (χ0n) is 7.92. The van der Waals surface area contributed by atoms with Crippen LogP contribution in [0.3, 0.4) is 0 Å². The SMILES string of the molecule is O=S1CC(NCCC2CCNC2)C1. The summed E-state index contributed by atoms with van der Waals surface area (Å²) in [5.74, 6) is 2.63. The van der Waals surface area contributed by atoms with Gasteiger partial charge in [-0.2, -0.15) is 0 Å². The van der Waals surface area contributed by atoms with Crippen LogP contribution in [-0.2, 0) is 10.8 Å². The van der Waals surface area contributed by atoms with E-state index in [1.165, 1.54) is 25.9 Å². The lowest BCUT2D eigenvalue weighted by molar-refractivity contribution is 0.470. The number of hydrogen-bond acceptors (Lipinski definition) is 3. The Bertz CT molecular complexity index is 184. The van der Waals surface area contributed by atoms with Crippen LogP contribution in [0.25, 0.3) is 0 Å². The molecule has 2 aliphatic heterocycles. The summed E-state index contributed by atoms with van der Waals surface area (Å²) in [6, 6.07) is 0.551. The smallest absolute Gasteiger partial charge is 0.0398 e. The van der Waals surface area contributed by atoms with Crippen molar-refractivity contribution in [3.63, 3.8) is 0 Å². The van der Waals surface area contributed by atoms with Crippen molar-refractivity contribution in [1.82, 2.24) is 10.6 Å². The largest absolute Gasteiger partial charge is 0.316 e. The van der Waals surface area contributed by atoms with E-state index in [1.54, 1.807) is 0 Å². The molecule has 0 bridgehead atoms. The maximum Gasteiger partial charge on any atom is 0.0398 e. The first-order chi connectivity index (χ1) is 6.34. The summed E-state index contributed by atoms with van der Waals surface area (Å²) in [5.41, 5.74) is 0. The molecule has 76 valence electrons. The monoisotopic (exact) mass is 202 g/mol. The summed E-state index contributed by atoms with van der Waals surface area (Å²) in [7, 11) is -0.502. The Morgan fingerprint density at radius 3 is 2.92 bits per heavy atom. The second kappa shape index (κ2) is 4.53. The minimum absolute atomic E-state index is 0.502. The fourth-order valence-corrected chi connectivity index (χ4v) is 3.01. The van der Waals surface area contributed by atoms with Gasteiger partial charge < -0.3 is 10.6 Å². The molecule has 4 heteroatoms. The Morgan fingerprint density at radius 1 is 1.46 bits per heavy atom. The van der Waals surface area contributed by atoms with Crippen LogP contribution in [-0.4, -0.2) is 41.4 Å². The van der Waals surface area contributed by atoms with Crippen molar-refractivity contribution in [3.8, 4) is 0 Å². The van der Waals surface area contributed by atoms with E-state index in [2.05, 4.69) is 10.6 Å². The Hall–Kier alpha value is 0.0700. The van der Waals surface area contributed by atoms with Crippen molar-refractivity contribution in [2.45, 2.75) is 18.9 Å². The molecule has 2 rings (SSSR count). The summed E-state index contributed by atoms with van der Waals surface area (Å²) in [6.45, 7) is 3.49. The summed E-state index contributed by atoms with van der Waals surface area (Å²) >= 11 is 0. The van der Waals surface area contributed by atoms with Crippen molar-refractivity contribution in [2.75, 3.05) is 31.1 Å². The highest BCUT2D eigenvalue weighted by Gasteiger charge is 2.24. The minimum Gasteiger partial charge on any atom is -0.316 e. The van der Waals surface area contributed by atoms with Crippen molar-refractivity contribution < 1.29 is 4.21 Å². The predicted octanol–water partition coefficient (Wildman–Crippen LogP) is -0.294. The van der Waals surface area contributed by atoms with Gasteiger partial charge in [0.15, 0.2) is 0 Å². The average Bonchev–Trinajstić information content (AvgIpc) is 2.53. The summed E-state index contributed by atoms with van der Waals surface area (Å²) in [4.78, 5) is 0.